The molecule has 36 heavy (non-hydrogen) atoms. The van der Waals surface area contributed by atoms with E-state index >= 15 is 0 Å². The molecule has 4 saturated carbocycles. The molecule has 0 aliphatic heterocycles. The first-order chi connectivity index (χ1) is 17.6. The van der Waals surface area contributed by atoms with Crippen molar-refractivity contribution in [2.45, 2.75) is 56.4 Å². The van der Waals surface area contributed by atoms with E-state index in [0.29, 0.717) is 17.4 Å². The van der Waals surface area contributed by atoms with Crippen molar-refractivity contribution < 1.29 is 9.59 Å². The normalized spacial score (nSPS) is 26.8. The van der Waals surface area contributed by atoms with Crippen LogP contribution in [0.3, 0.4) is 0 Å². The second-order valence-corrected chi connectivity index (χ2v) is 11.3. The Hall–Kier alpha value is -3.40. The summed E-state index contributed by atoms with van der Waals surface area (Å²) in [5.41, 5.74) is 4.11. The first-order valence-electron chi connectivity index (χ1n) is 13.4. The van der Waals surface area contributed by atoms with Gasteiger partial charge >= 0.3 is 0 Å². The molecule has 1 atom stereocenters. The van der Waals surface area contributed by atoms with Gasteiger partial charge in [0.2, 0.25) is 5.91 Å². The number of carbonyl (C=O) groups is 2. The average molecular weight is 479 g/mol. The Kier molecular flexibility index (Phi) is 6.12. The lowest BCUT2D eigenvalue weighted by atomic mass is 9.48. The Morgan fingerprint density at radius 1 is 0.750 bits per heavy atom. The van der Waals surface area contributed by atoms with E-state index in [0.717, 1.165) is 29.0 Å². The number of nitrogens with one attached hydrogen (secondary N) is 2. The third-order valence-electron chi connectivity index (χ3n) is 8.74. The lowest BCUT2D eigenvalue weighted by Gasteiger charge is -2.57. The van der Waals surface area contributed by atoms with Gasteiger partial charge in [-0.3, -0.25) is 9.59 Å². The van der Waals surface area contributed by atoms with Crippen molar-refractivity contribution in [2.24, 2.45) is 17.8 Å². The van der Waals surface area contributed by atoms with Crippen LogP contribution in [0.4, 0.5) is 5.69 Å². The highest BCUT2D eigenvalue weighted by Crippen LogP contribution is 2.60. The van der Waals surface area contributed by atoms with Crippen molar-refractivity contribution in [2.75, 3.05) is 5.32 Å². The maximum Gasteiger partial charge on any atom is 0.251 e. The van der Waals surface area contributed by atoms with Gasteiger partial charge in [-0.1, -0.05) is 60.7 Å². The van der Waals surface area contributed by atoms with Crippen LogP contribution < -0.4 is 10.6 Å². The summed E-state index contributed by atoms with van der Waals surface area (Å²) < 4.78 is 0. The lowest BCUT2D eigenvalue weighted by Crippen LogP contribution is -2.48. The molecule has 0 saturated heterocycles. The summed E-state index contributed by atoms with van der Waals surface area (Å²) in [5.74, 6) is 2.27. The molecule has 0 unspecified atom stereocenters. The summed E-state index contributed by atoms with van der Waals surface area (Å²) >= 11 is 0. The van der Waals surface area contributed by atoms with Crippen molar-refractivity contribution in [3.63, 3.8) is 0 Å². The Morgan fingerprint density at radius 2 is 1.31 bits per heavy atom. The van der Waals surface area contributed by atoms with Gasteiger partial charge in [-0.05, 0) is 97.1 Å². The van der Waals surface area contributed by atoms with Crippen LogP contribution in [0.2, 0.25) is 0 Å². The fourth-order valence-electron chi connectivity index (χ4n) is 7.49. The number of anilines is 1. The molecule has 0 aromatic heterocycles. The molecule has 7 rings (SSSR count). The van der Waals surface area contributed by atoms with Crippen molar-refractivity contribution >= 4 is 17.5 Å². The Morgan fingerprint density at radius 3 is 1.89 bits per heavy atom. The van der Waals surface area contributed by atoms with Crippen LogP contribution in [0, 0.1) is 17.8 Å². The number of amides is 2. The highest BCUT2D eigenvalue weighted by molar-refractivity contribution is 6.01. The zero-order chi connectivity index (χ0) is 24.5. The van der Waals surface area contributed by atoms with Gasteiger partial charge in [-0.2, -0.15) is 0 Å². The summed E-state index contributed by atoms with van der Waals surface area (Å²) in [6.07, 6.45) is 8.72. The van der Waals surface area contributed by atoms with Crippen LogP contribution in [0.5, 0.6) is 0 Å². The van der Waals surface area contributed by atoms with Gasteiger partial charge in [0, 0.05) is 17.7 Å². The van der Waals surface area contributed by atoms with Crippen LogP contribution in [-0.4, -0.2) is 17.9 Å². The summed E-state index contributed by atoms with van der Waals surface area (Å²) in [6.45, 7) is 0. The first kappa shape index (κ1) is 23.0. The minimum Gasteiger partial charge on any atom is -0.340 e. The summed E-state index contributed by atoms with van der Waals surface area (Å²) in [4.78, 5) is 26.2. The molecule has 4 fully saturated rings. The van der Waals surface area contributed by atoms with Gasteiger partial charge < -0.3 is 10.6 Å². The highest BCUT2D eigenvalue weighted by atomic mass is 16.2. The lowest BCUT2D eigenvalue weighted by molar-refractivity contribution is -0.118. The standard InChI is InChI=1S/C32H34N2O2/c35-30(26-9-5-2-6-10-26)34-29(18-22-7-3-1-4-8-22)31(36)33-28-13-11-27(12-14-28)32-19-23-15-24(20-32)17-25(16-23)21-32/h1-14,23-25,29H,15-21H2,(H,33,36)(H,34,35)/t23?,24?,25?,29-,32?/m0/s1. The van der Waals surface area contributed by atoms with Crippen molar-refractivity contribution in [3.8, 4) is 0 Å². The van der Waals surface area contributed by atoms with Gasteiger partial charge in [0.05, 0.1) is 0 Å². The molecule has 4 bridgehead atoms. The monoisotopic (exact) mass is 478 g/mol. The third kappa shape index (κ3) is 4.69. The van der Waals surface area contributed by atoms with E-state index in [1.54, 1.807) is 12.1 Å². The molecule has 2 N–H and O–H groups in total. The fourth-order valence-corrected chi connectivity index (χ4v) is 7.49. The minimum atomic E-state index is -0.678. The molecule has 2 amide bonds. The first-order valence-corrected chi connectivity index (χ1v) is 13.4. The van der Waals surface area contributed by atoms with Gasteiger partial charge in [0.15, 0.2) is 0 Å². The predicted octanol–water partition coefficient (Wildman–Crippen LogP) is 6.13. The molecule has 3 aromatic carbocycles. The number of hydrogen-bond acceptors (Lipinski definition) is 2. The van der Waals surface area contributed by atoms with Gasteiger partial charge in [-0.25, -0.2) is 0 Å². The molecule has 0 spiro atoms. The van der Waals surface area contributed by atoms with Crippen LogP contribution >= 0.6 is 0 Å². The van der Waals surface area contributed by atoms with E-state index in [1.165, 1.54) is 44.1 Å². The summed E-state index contributed by atoms with van der Waals surface area (Å²) in [5, 5.41) is 6.02. The molecular formula is C32H34N2O2. The predicted molar refractivity (Wildman–Crippen MR) is 143 cm³/mol. The number of carbonyl (C=O) groups excluding carboxylic acids is 2. The topological polar surface area (TPSA) is 58.2 Å². The van der Waals surface area contributed by atoms with Gasteiger partial charge in [0.25, 0.3) is 5.91 Å². The molecule has 4 aliphatic rings. The smallest absolute Gasteiger partial charge is 0.251 e. The maximum absolute atomic E-state index is 13.4. The van der Waals surface area contributed by atoms with E-state index in [4.69, 9.17) is 0 Å². The molecule has 184 valence electrons. The largest absolute Gasteiger partial charge is 0.340 e. The van der Waals surface area contributed by atoms with E-state index in [2.05, 4.69) is 22.8 Å². The highest BCUT2D eigenvalue weighted by Gasteiger charge is 2.51. The number of rotatable bonds is 7. The molecule has 0 heterocycles. The van der Waals surface area contributed by atoms with Crippen LogP contribution in [-0.2, 0) is 16.6 Å². The average Bonchev–Trinajstić information content (AvgIpc) is 2.89. The van der Waals surface area contributed by atoms with Gasteiger partial charge in [0.1, 0.15) is 6.04 Å². The fraction of sp³-hybridized carbons (Fsp3) is 0.375. The second kappa shape index (κ2) is 9.57. The molecule has 0 radical (unpaired) electrons. The van der Waals surface area contributed by atoms with Crippen molar-refractivity contribution in [3.05, 3.63) is 102 Å². The zero-order valence-corrected chi connectivity index (χ0v) is 20.7. The summed E-state index contributed by atoms with van der Waals surface area (Å²) in [6, 6.07) is 26.7. The van der Waals surface area contributed by atoms with Crippen LogP contribution in [0.25, 0.3) is 0 Å². The Bertz CT molecular complexity index is 1180. The molecule has 4 nitrogen and oxygen atoms in total. The van der Waals surface area contributed by atoms with Crippen molar-refractivity contribution in [1.82, 2.24) is 5.32 Å². The minimum absolute atomic E-state index is 0.203. The zero-order valence-electron chi connectivity index (χ0n) is 20.7. The molecule has 4 heteroatoms. The second-order valence-electron chi connectivity index (χ2n) is 11.3. The summed E-state index contributed by atoms with van der Waals surface area (Å²) in [7, 11) is 0. The SMILES string of the molecule is O=C(N[C@@H](Cc1ccccc1)C(=O)Nc1ccc(C23CC4CC(CC(C4)C2)C3)cc1)c1ccccc1. The molecule has 3 aromatic rings. The third-order valence-corrected chi connectivity index (χ3v) is 8.74. The Labute approximate surface area is 213 Å². The Balaban J connectivity index is 1.17. The van der Waals surface area contributed by atoms with E-state index in [9.17, 15) is 9.59 Å². The number of hydrogen-bond donors (Lipinski definition) is 2. The number of benzene rings is 3. The van der Waals surface area contributed by atoms with E-state index < -0.39 is 6.04 Å². The van der Waals surface area contributed by atoms with Gasteiger partial charge in [-0.15, -0.1) is 0 Å². The van der Waals surface area contributed by atoms with Crippen LogP contribution in [0.15, 0.2) is 84.9 Å². The van der Waals surface area contributed by atoms with Crippen LogP contribution in [0.1, 0.15) is 60.0 Å². The molecule has 4 aliphatic carbocycles. The van der Waals surface area contributed by atoms with Crippen molar-refractivity contribution in [1.29, 1.82) is 0 Å². The van der Waals surface area contributed by atoms with E-state index in [-0.39, 0.29) is 11.8 Å². The molecular weight excluding hydrogens is 444 g/mol. The quantitative estimate of drug-likeness (QED) is 0.429. The van der Waals surface area contributed by atoms with E-state index in [1.807, 2.05) is 60.7 Å². The maximum atomic E-state index is 13.4.